The molecule has 1 fully saturated rings. The van der Waals surface area contributed by atoms with E-state index in [0.717, 1.165) is 18.1 Å². The fourth-order valence-corrected chi connectivity index (χ4v) is 1.02. The van der Waals surface area contributed by atoms with E-state index in [4.69, 9.17) is 9.47 Å². The van der Waals surface area contributed by atoms with Gasteiger partial charge in [-0.05, 0) is 12.1 Å². The molecule has 2 rings (SSSR count). The van der Waals surface area contributed by atoms with Crippen molar-refractivity contribution in [2.45, 2.75) is 6.10 Å². The predicted molar refractivity (Wildman–Crippen MR) is 39.5 cm³/mol. The number of methoxy groups -OCH3 is 1. The number of aromatic nitrogens is 1. The Labute approximate surface area is 65.0 Å². The maximum atomic E-state index is 5.10. The molecule has 2 heterocycles. The summed E-state index contributed by atoms with van der Waals surface area (Å²) in [5, 5.41) is 0. The van der Waals surface area contributed by atoms with E-state index in [1.807, 2.05) is 12.1 Å². The number of ether oxygens (including phenoxy) is 2. The minimum Gasteiger partial charge on any atom is -0.495 e. The van der Waals surface area contributed by atoms with E-state index in [9.17, 15) is 0 Å². The normalized spacial score (nSPS) is 21.4. The van der Waals surface area contributed by atoms with Gasteiger partial charge in [-0.25, -0.2) is 0 Å². The summed E-state index contributed by atoms with van der Waals surface area (Å²) in [4.78, 5) is 4.16. The molecule has 3 heteroatoms. The van der Waals surface area contributed by atoms with Crippen molar-refractivity contribution in [3.05, 3.63) is 24.0 Å². The summed E-state index contributed by atoms with van der Waals surface area (Å²) in [5.41, 5.74) is 0.912. The van der Waals surface area contributed by atoms with Crippen LogP contribution in [0.15, 0.2) is 18.3 Å². The van der Waals surface area contributed by atoms with Crippen molar-refractivity contribution in [3.63, 3.8) is 0 Å². The van der Waals surface area contributed by atoms with Crippen LogP contribution in [0, 0.1) is 0 Å². The maximum Gasteiger partial charge on any atom is 0.143 e. The first-order valence-corrected chi connectivity index (χ1v) is 3.52. The number of nitrogens with zero attached hydrogens (tertiary/aromatic N) is 1. The molecule has 0 spiro atoms. The van der Waals surface area contributed by atoms with Crippen molar-refractivity contribution < 1.29 is 9.47 Å². The highest BCUT2D eigenvalue weighted by atomic mass is 16.6. The lowest BCUT2D eigenvalue weighted by Crippen LogP contribution is -1.92. The lowest BCUT2D eigenvalue weighted by molar-refractivity contribution is 0.377. The van der Waals surface area contributed by atoms with Crippen LogP contribution in [-0.2, 0) is 4.74 Å². The van der Waals surface area contributed by atoms with Crippen LogP contribution in [0.4, 0.5) is 0 Å². The molecule has 1 aromatic heterocycles. The van der Waals surface area contributed by atoms with Gasteiger partial charge in [0.1, 0.15) is 17.5 Å². The molecule has 1 atom stereocenters. The van der Waals surface area contributed by atoms with Crippen molar-refractivity contribution in [1.82, 2.24) is 4.98 Å². The average molecular weight is 151 g/mol. The topological polar surface area (TPSA) is 34.6 Å². The van der Waals surface area contributed by atoms with Gasteiger partial charge in [0.05, 0.1) is 13.7 Å². The number of hydrogen-bond donors (Lipinski definition) is 0. The fourth-order valence-electron chi connectivity index (χ4n) is 1.02. The first kappa shape index (κ1) is 6.61. The van der Waals surface area contributed by atoms with Gasteiger partial charge >= 0.3 is 0 Å². The maximum absolute atomic E-state index is 5.10. The smallest absolute Gasteiger partial charge is 0.143 e. The van der Waals surface area contributed by atoms with Crippen LogP contribution >= 0.6 is 0 Å². The zero-order chi connectivity index (χ0) is 7.68. The van der Waals surface area contributed by atoms with Crippen molar-refractivity contribution in [2.75, 3.05) is 13.7 Å². The van der Waals surface area contributed by atoms with E-state index < -0.39 is 0 Å². The lowest BCUT2D eigenvalue weighted by Gasteiger charge is -2.02. The van der Waals surface area contributed by atoms with E-state index in [0.29, 0.717) is 0 Å². The van der Waals surface area contributed by atoms with Gasteiger partial charge in [-0.15, -0.1) is 0 Å². The van der Waals surface area contributed by atoms with Gasteiger partial charge in [0, 0.05) is 6.20 Å². The van der Waals surface area contributed by atoms with Crippen molar-refractivity contribution in [3.8, 4) is 5.75 Å². The predicted octanol–water partition coefficient (Wildman–Crippen LogP) is 1.16. The summed E-state index contributed by atoms with van der Waals surface area (Å²) in [5.74, 6) is 0.815. The Hall–Kier alpha value is -1.09. The standard InChI is InChI=1S/C8H9NO2/c1-10-6-3-2-4-9-8(6)7-5-11-7/h2-4,7H,5H2,1H3/t7-/m1/s1. The third-order valence-electron chi connectivity index (χ3n) is 1.66. The van der Waals surface area contributed by atoms with E-state index in [2.05, 4.69) is 4.98 Å². The number of rotatable bonds is 2. The van der Waals surface area contributed by atoms with E-state index in [1.54, 1.807) is 13.3 Å². The molecule has 1 aliphatic rings. The largest absolute Gasteiger partial charge is 0.495 e. The minimum atomic E-state index is 0.172. The first-order valence-electron chi connectivity index (χ1n) is 3.52. The zero-order valence-electron chi connectivity index (χ0n) is 6.28. The Bertz CT molecular complexity index is 258. The molecule has 11 heavy (non-hydrogen) atoms. The quantitative estimate of drug-likeness (QED) is 0.595. The fraction of sp³-hybridized carbons (Fsp3) is 0.375. The summed E-state index contributed by atoms with van der Waals surface area (Å²) < 4.78 is 10.2. The molecule has 0 aromatic carbocycles. The van der Waals surface area contributed by atoms with Crippen LogP contribution in [0.5, 0.6) is 5.75 Å². The molecule has 1 aromatic rings. The Morgan fingerprint density at radius 3 is 3.18 bits per heavy atom. The van der Waals surface area contributed by atoms with Crippen LogP contribution in [-0.4, -0.2) is 18.7 Å². The second kappa shape index (κ2) is 2.51. The van der Waals surface area contributed by atoms with Crippen molar-refractivity contribution >= 4 is 0 Å². The SMILES string of the molecule is COc1cccnc1[C@H]1CO1. The molecule has 3 nitrogen and oxygen atoms in total. The second-order valence-corrected chi connectivity index (χ2v) is 2.41. The van der Waals surface area contributed by atoms with Gasteiger partial charge in [-0.2, -0.15) is 0 Å². The highest BCUT2D eigenvalue weighted by Crippen LogP contribution is 2.33. The number of pyridine rings is 1. The molecule has 0 bridgehead atoms. The molecule has 0 N–H and O–H groups in total. The van der Waals surface area contributed by atoms with Gasteiger partial charge < -0.3 is 9.47 Å². The molecule has 1 saturated heterocycles. The Balaban J connectivity index is 2.34. The lowest BCUT2D eigenvalue weighted by atomic mass is 10.2. The highest BCUT2D eigenvalue weighted by Gasteiger charge is 2.29. The number of epoxide rings is 1. The Morgan fingerprint density at radius 2 is 2.55 bits per heavy atom. The van der Waals surface area contributed by atoms with E-state index in [-0.39, 0.29) is 6.10 Å². The van der Waals surface area contributed by atoms with Gasteiger partial charge in [-0.1, -0.05) is 0 Å². The third-order valence-corrected chi connectivity index (χ3v) is 1.66. The average Bonchev–Trinajstić information content (AvgIpc) is 2.87. The van der Waals surface area contributed by atoms with Gasteiger partial charge in [0.15, 0.2) is 0 Å². The molecule has 0 amide bonds. The number of hydrogen-bond acceptors (Lipinski definition) is 3. The molecule has 0 aliphatic carbocycles. The molecule has 0 unspecified atom stereocenters. The van der Waals surface area contributed by atoms with E-state index >= 15 is 0 Å². The van der Waals surface area contributed by atoms with Crippen LogP contribution in [0.25, 0.3) is 0 Å². The van der Waals surface area contributed by atoms with Gasteiger partial charge in [0.25, 0.3) is 0 Å². The van der Waals surface area contributed by atoms with Crippen LogP contribution in [0.1, 0.15) is 11.8 Å². The Morgan fingerprint density at radius 1 is 1.73 bits per heavy atom. The summed E-state index contributed by atoms with van der Waals surface area (Å²) in [7, 11) is 1.64. The van der Waals surface area contributed by atoms with Crippen LogP contribution in [0.3, 0.4) is 0 Å². The molecule has 58 valence electrons. The molecule has 0 radical (unpaired) electrons. The van der Waals surface area contributed by atoms with E-state index in [1.165, 1.54) is 0 Å². The molecular formula is C8H9NO2. The summed E-state index contributed by atoms with van der Waals surface area (Å²) in [6, 6.07) is 3.74. The summed E-state index contributed by atoms with van der Waals surface area (Å²) in [6.07, 6.45) is 1.92. The molecular weight excluding hydrogens is 142 g/mol. The molecule has 1 aliphatic heterocycles. The third kappa shape index (κ3) is 1.19. The minimum absolute atomic E-state index is 0.172. The second-order valence-electron chi connectivity index (χ2n) is 2.41. The van der Waals surface area contributed by atoms with Crippen LogP contribution < -0.4 is 4.74 Å². The monoisotopic (exact) mass is 151 g/mol. The summed E-state index contributed by atoms with van der Waals surface area (Å²) >= 11 is 0. The van der Waals surface area contributed by atoms with Crippen molar-refractivity contribution in [2.24, 2.45) is 0 Å². The van der Waals surface area contributed by atoms with Gasteiger partial charge in [0.2, 0.25) is 0 Å². The molecule has 0 saturated carbocycles. The van der Waals surface area contributed by atoms with Crippen molar-refractivity contribution in [1.29, 1.82) is 0 Å². The first-order chi connectivity index (χ1) is 5.42. The van der Waals surface area contributed by atoms with Crippen LogP contribution in [0.2, 0.25) is 0 Å². The Kier molecular flexibility index (Phi) is 1.51. The summed E-state index contributed by atoms with van der Waals surface area (Å²) in [6.45, 7) is 0.771. The zero-order valence-corrected chi connectivity index (χ0v) is 6.28. The highest BCUT2D eigenvalue weighted by molar-refractivity contribution is 5.30. The van der Waals surface area contributed by atoms with Gasteiger partial charge in [-0.3, -0.25) is 4.98 Å².